The second-order valence-electron chi connectivity index (χ2n) is 4.28. The van der Waals surface area contributed by atoms with E-state index in [1.165, 1.54) is 31.2 Å². The molecule has 0 atom stereocenters. The van der Waals surface area contributed by atoms with Crippen molar-refractivity contribution < 1.29 is 22.7 Å². The van der Waals surface area contributed by atoms with Crippen LogP contribution in [0.15, 0.2) is 29.2 Å². The van der Waals surface area contributed by atoms with Crippen molar-refractivity contribution in [3.63, 3.8) is 0 Å². The molecular formula is C13H18N2O5S. The van der Waals surface area contributed by atoms with Crippen molar-refractivity contribution in [1.29, 1.82) is 0 Å². The number of hydrogen-bond donors (Lipinski definition) is 2. The average Bonchev–Trinajstić information content (AvgIpc) is 2.38. The van der Waals surface area contributed by atoms with Crippen molar-refractivity contribution in [3.05, 3.63) is 24.3 Å². The van der Waals surface area contributed by atoms with Gasteiger partial charge in [0, 0.05) is 13.5 Å². The van der Waals surface area contributed by atoms with Crippen LogP contribution in [0.25, 0.3) is 0 Å². The van der Waals surface area contributed by atoms with Crippen LogP contribution in [0.1, 0.15) is 26.7 Å². The molecule has 21 heavy (non-hydrogen) atoms. The van der Waals surface area contributed by atoms with Gasteiger partial charge in [-0.15, -0.1) is 0 Å². The van der Waals surface area contributed by atoms with Gasteiger partial charge in [-0.3, -0.25) is 4.79 Å². The van der Waals surface area contributed by atoms with Crippen LogP contribution in [0.4, 0.5) is 4.79 Å². The van der Waals surface area contributed by atoms with E-state index < -0.39 is 22.0 Å². The fourth-order valence-electron chi connectivity index (χ4n) is 1.45. The first-order chi connectivity index (χ1) is 9.85. The molecule has 2 N–H and O–H groups in total. The van der Waals surface area contributed by atoms with Crippen molar-refractivity contribution >= 4 is 22.0 Å². The zero-order valence-electron chi connectivity index (χ0n) is 11.9. The standard InChI is InChI=1S/C13H18N2O5S/c1-3-4-9-14-13(17)15-21(18,19)12-7-5-11(6-8-12)20-10(2)16/h5-8H,3-4,9H2,1-2H3,(H2,14,15,17). The van der Waals surface area contributed by atoms with Crippen molar-refractivity contribution in [1.82, 2.24) is 10.0 Å². The van der Waals surface area contributed by atoms with Crippen molar-refractivity contribution in [3.8, 4) is 5.75 Å². The zero-order chi connectivity index (χ0) is 15.9. The third-order valence-corrected chi connectivity index (χ3v) is 3.79. The van der Waals surface area contributed by atoms with E-state index in [0.29, 0.717) is 6.54 Å². The minimum Gasteiger partial charge on any atom is -0.427 e. The van der Waals surface area contributed by atoms with Crippen LogP contribution < -0.4 is 14.8 Å². The maximum Gasteiger partial charge on any atom is 0.328 e. The van der Waals surface area contributed by atoms with E-state index in [9.17, 15) is 18.0 Å². The molecule has 0 saturated heterocycles. The summed E-state index contributed by atoms with van der Waals surface area (Å²) in [5, 5.41) is 2.45. The van der Waals surface area contributed by atoms with Crippen molar-refractivity contribution in [2.24, 2.45) is 0 Å². The van der Waals surface area contributed by atoms with Crippen molar-refractivity contribution in [2.45, 2.75) is 31.6 Å². The summed E-state index contributed by atoms with van der Waals surface area (Å²) < 4.78 is 30.6. The second kappa shape index (κ2) is 7.63. The molecule has 1 aromatic carbocycles. The summed E-state index contributed by atoms with van der Waals surface area (Å²) in [5.41, 5.74) is 0. The number of sulfonamides is 1. The van der Waals surface area contributed by atoms with Gasteiger partial charge < -0.3 is 10.1 Å². The van der Waals surface area contributed by atoms with Crippen molar-refractivity contribution in [2.75, 3.05) is 6.54 Å². The lowest BCUT2D eigenvalue weighted by Gasteiger charge is -2.08. The van der Waals surface area contributed by atoms with Gasteiger partial charge in [-0.25, -0.2) is 17.9 Å². The summed E-state index contributed by atoms with van der Waals surface area (Å²) in [5.74, 6) is -0.270. The lowest BCUT2D eigenvalue weighted by atomic mass is 10.3. The lowest BCUT2D eigenvalue weighted by molar-refractivity contribution is -0.131. The number of amides is 2. The van der Waals surface area contributed by atoms with Gasteiger partial charge in [-0.1, -0.05) is 13.3 Å². The number of urea groups is 1. The predicted octanol–water partition coefficient (Wildman–Crippen LogP) is 1.40. The second-order valence-corrected chi connectivity index (χ2v) is 5.96. The van der Waals surface area contributed by atoms with E-state index in [2.05, 4.69) is 5.32 Å². The Balaban J connectivity index is 2.69. The Morgan fingerprint density at radius 2 is 1.81 bits per heavy atom. The maximum atomic E-state index is 11.9. The molecule has 116 valence electrons. The minimum atomic E-state index is -3.94. The normalized spacial score (nSPS) is 10.8. The Hall–Kier alpha value is -2.09. The molecule has 0 spiro atoms. The summed E-state index contributed by atoms with van der Waals surface area (Å²) in [6.07, 6.45) is 1.66. The van der Waals surface area contributed by atoms with Gasteiger partial charge >= 0.3 is 12.0 Å². The first-order valence-electron chi connectivity index (χ1n) is 6.44. The molecule has 0 bridgehead atoms. The Morgan fingerprint density at radius 3 is 2.33 bits per heavy atom. The van der Waals surface area contributed by atoms with E-state index >= 15 is 0 Å². The summed E-state index contributed by atoms with van der Waals surface area (Å²) in [4.78, 5) is 22.1. The first-order valence-corrected chi connectivity index (χ1v) is 7.92. The van der Waals surface area contributed by atoms with Gasteiger partial charge in [0.2, 0.25) is 0 Å². The quantitative estimate of drug-likeness (QED) is 0.469. The minimum absolute atomic E-state index is 0.0935. The van der Waals surface area contributed by atoms with Crippen LogP contribution in [-0.2, 0) is 14.8 Å². The van der Waals surface area contributed by atoms with Crippen LogP contribution in [-0.4, -0.2) is 27.0 Å². The Kier molecular flexibility index (Phi) is 6.16. The Morgan fingerprint density at radius 1 is 1.19 bits per heavy atom. The largest absolute Gasteiger partial charge is 0.427 e. The first kappa shape index (κ1) is 17.0. The predicted molar refractivity (Wildman–Crippen MR) is 76.4 cm³/mol. The third kappa shape index (κ3) is 5.82. The average molecular weight is 314 g/mol. The number of hydrogen-bond acceptors (Lipinski definition) is 5. The monoisotopic (exact) mass is 314 g/mol. The van der Waals surface area contributed by atoms with Crippen LogP contribution in [0.5, 0.6) is 5.75 Å². The molecule has 1 aromatic rings. The number of rotatable bonds is 6. The fraction of sp³-hybridized carbons (Fsp3) is 0.385. The van der Waals surface area contributed by atoms with Crippen LogP contribution in [0, 0.1) is 0 Å². The fourth-order valence-corrected chi connectivity index (χ4v) is 2.38. The number of carbonyl (C=O) groups excluding carboxylic acids is 2. The van der Waals surface area contributed by atoms with Gasteiger partial charge in [-0.05, 0) is 30.7 Å². The highest BCUT2D eigenvalue weighted by Gasteiger charge is 2.17. The van der Waals surface area contributed by atoms with Crippen LogP contribution in [0.3, 0.4) is 0 Å². The van der Waals surface area contributed by atoms with Gasteiger partial charge in [0.15, 0.2) is 0 Å². The summed E-state index contributed by atoms with van der Waals surface area (Å²) in [6.45, 7) is 3.61. The highest BCUT2D eigenvalue weighted by Crippen LogP contribution is 2.15. The molecular weight excluding hydrogens is 296 g/mol. The molecule has 7 nitrogen and oxygen atoms in total. The molecule has 2 amide bonds. The van der Waals surface area contributed by atoms with Gasteiger partial charge in [0.1, 0.15) is 5.75 Å². The van der Waals surface area contributed by atoms with E-state index in [-0.39, 0.29) is 10.6 Å². The molecule has 8 heteroatoms. The van der Waals surface area contributed by atoms with E-state index in [1.807, 2.05) is 11.6 Å². The number of benzene rings is 1. The van der Waals surface area contributed by atoms with Crippen LogP contribution in [0.2, 0.25) is 0 Å². The molecule has 0 fully saturated rings. The summed E-state index contributed by atoms with van der Waals surface area (Å²) in [6, 6.07) is 4.41. The highest BCUT2D eigenvalue weighted by atomic mass is 32.2. The van der Waals surface area contributed by atoms with Crippen LogP contribution >= 0.6 is 0 Å². The molecule has 0 aliphatic heterocycles. The number of carbonyl (C=O) groups is 2. The number of ether oxygens (including phenoxy) is 1. The van der Waals surface area contributed by atoms with Gasteiger partial charge in [-0.2, -0.15) is 0 Å². The molecule has 0 aromatic heterocycles. The third-order valence-electron chi connectivity index (χ3n) is 2.44. The Bertz CT molecular complexity index is 595. The molecule has 1 rings (SSSR count). The smallest absolute Gasteiger partial charge is 0.328 e. The molecule has 0 heterocycles. The summed E-state index contributed by atoms with van der Waals surface area (Å²) in [7, 11) is -3.94. The van der Waals surface area contributed by atoms with Gasteiger partial charge in [0.05, 0.1) is 4.90 Å². The van der Waals surface area contributed by atoms with E-state index in [0.717, 1.165) is 12.8 Å². The molecule has 0 unspecified atom stereocenters. The SMILES string of the molecule is CCCCNC(=O)NS(=O)(=O)c1ccc(OC(C)=O)cc1. The lowest BCUT2D eigenvalue weighted by Crippen LogP contribution is -2.39. The van der Waals surface area contributed by atoms with Gasteiger partial charge in [0.25, 0.3) is 10.0 Å². The Labute approximate surface area is 123 Å². The number of esters is 1. The maximum absolute atomic E-state index is 11.9. The highest BCUT2D eigenvalue weighted by molar-refractivity contribution is 7.90. The number of unbranched alkanes of at least 4 members (excludes halogenated alkanes) is 1. The number of nitrogens with one attached hydrogen (secondary N) is 2. The topological polar surface area (TPSA) is 102 Å². The van der Waals surface area contributed by atoms with E-state index in [4.69, 9.17) is 4.74 Å². The molecule has 0 saturated carbocycles. The molecule has 0 aliphatic rings. The van der Waals surface area contributed by atoms with E-state index in [1.54, 1.807) is 0 Å². The zero-order valence-corrected chi connectivity index (χ0v) is 12.7. The molecule has 0 radical (unpaired) electrons. The molecule has 0 aliphatic carbocycles. The summed E-state index contributed by atoms with van der Waals surface area (Å²) >= 11 is 0.